The van der Waals surface area contributed by atoms with Gasteiger partial charge in [0, 0.05) is 17.5 Å². The Kier molecular flexibility index (Phi) is 5.84. The number of carboxylic acid groups (broad SMARTS) is 1. The lowest BCUT2D eigenvalue weighted by Crippen LogP contribution is -2.39. The number of hydrogen-bond donors (Lipinski definition) is 3. The van der Waals surface area contributed by atoms with Gasteiger partial charge in [0.05, 0.1) is 0 Å². The minimum absolute atomic E-state index is 0.110. The molecule has 0 bridgehead atoms. The van der Waals surface area contributed by atoms with Crippen LogP contribution in [0.1, 0.15) is 24.2 Å². The highest BCUT2D eigenvalue weighted by atomic mass is 16.4. The van der Waals surface area contributed by atoms with E-state index in [9.17, 15) is 14.4 Å². The number of rotatable bonds is 6. The smallest absolute Gasteiger partial charge is 0.325 e. The van der Waals surface area contributed by atoms with Crippen molar-refractivity contribution in [1.29, 1.82) is 5.26 Å². The third kappa shape index (κ3) is 4.76. The fourth-order valence-corrected chi connectivity index (χ4v) is 1.47. The molecule has 7 heteroatoms. The summed E-state index contributed by atoms with van der Waals surface area (Å²) < 4.78 is 0. The van der Waals surface area contributed by atoms with Crippen LogP contribution in [0, 0.1) is 11.3 Å². The van der Waals surface area contributed by atoms with E-state index in [1.807, 2.05) is 0 Å². The van der Waals surface area contributed by atoms with Crippen molar-refractivity contribution in [3.05, 3.63) is 41.6 Å². The van der Waals surface area contributed by atoms with E-state index in [0.717, 1.165) is 6.20 Å². The summed E-state index contributed by atoms with van der Waals surface area (Å²) in [4.78, 5) is 33.7. The molecule has 1 unspecified atom stereocenters. The highest BCUT2D eigenvalue weighted by Crippen LogP contribution is 2.11. The average Bonchev–Trinajstić information content (AvgIpc) is 2.47. The fourth-order valence-electron chi connectivity index (χ4n) is 1.47. The van der Waals surface area contributed by atoms with Gasteiger partial charge in [-0.1, -0.05) is 12.1 Å². The zero-order chi connectivity index (χ0) is 16.7. The third-order valence-electron chi connectivity index (χ3n) is 2.74. The quantitative estimate of drug-likeness (QED) is 0.414. The molecule has 0 aromatic heterocycles. The molecule has 1 aromatic rings. The Morgan fingerprint density at radius 1 is 1.36 bits per heavy atom. The van der Waals surface area contributed by atoms with Gasteiger partial charge in [0.2, 0.25) is 0 Å². The Bertz CT molecular complexity index is 674. The Morgan fingerprint density at radius 3 is 2.59 bits per heavy atom. The van der Waals surface area contributed by atoms with Crippen LogP contribution in [-0.4, -0.2) is 28.8 Å². The molecule has 0 radical (unpaired) electrons. The number of nitrogens with zero attached hydrogens (tertiary/aromatic N) is 1. The van der Waals surface area contributed by atoms with E-state index >= 15 is 0 Å². The summed E-state index contributed by atoms with van der Waals surface area (Å²) in [5.41, 5.74) is 0.738. The van der Waals surface area contributed by atoms with Crippen LogP contribution in [0.4, 0.5) is 5.69 Å². The number of nitriles is 1. The van der Waals surface area contributed by atoms with Gasteiger partial charge in [-0.2, -0.15) is 5.26 Å². The van der Waals surface area contributed by atoms with Crippen molar-refractivity contribution in [2.24, 2.45) is 0 Å². The molecule has 0 fully saturated rings. The SMILES string of the molecule is CC(=O)c1cccc(N/C=C(/C#N)C(=O)NC(C)C(=O)O)c1. The molecule has 22 heavy (non-hydrogen) atoms. The van der Waals surface area contributed by atoms with Gasteiger partial charge in [-0.05, 0) is 26.0 Å². The normalized spacial score (nSPS) is 12.0. The van der Waals surface area contributed by atoms with Crippen LogP contribution in [0.3, 0.4) is 0 Å². The first kappa shape index (κ1) is 16.9. The standard InChI is InChI=1S/C15H15N3O4/c1-9(15(21)22)18-14(20)12(7-16)8-17-13-5-3-4-11(6-13)10(2)19/h3-6,8-9,17H,1-2H3,(H,18,20)(H,21,22)/b12-8-. The van der Waals surface area contributed by atoms with Gasteiger partial charge in [0.1, 0.15) is 17.7 Å². The van der Waals surface area contributed by atoms with E-state index in [1.165, 1.54) is 13.8 Å². The highest BCUT2D eigenvalue weighted by molar-refractivity contribution is 5.99. The summed E-state index contributed by atoms with van der Waals surface area (Å²) in [5, 5.41) is 22.6. The number of hydrogen-bond acceptors (Lipinski definition) is 5. The first-order chi connectivity index (χ1) is 10.3. The molecule has 1 aromatic carbocycles. The fraction of sp³-hybridized carbons (Fsp3) is 0.200. The maximum Gasteiger partial charge on any atom is 0.325 e. The van der Waals surface area contributed by atoms with Gasteiger partial charge in [0.25, 0.3) is 5.91 Å². The maximum absolute atomic E-state index is 11.7. The number of aliphatic carboxylic acids is 1. The number of benzene rings is 1. The van der Waals surface area contributed by atoms with Gasteiger partial charge in [-0.3, -0.25) is 14.4 Å². The van der Waals surface area contributed by atoms with E-state index in [-0.39, 0.29) is 11.4 Å². The van der Waals surface area contributed by atoms with Crippen LogP contribution in [0.25, 0.3) is 0 Å². The predicted octanol–water partition coefficient (Wildman–Crippen LogP) is 1.30. The van der Waals surface area contributed by atoms with Crippen molar-refractivity contribution in [2.45, 2.75) is 19.9 Å². The molecule has 7 nitrogen and oxygen atoms in total. The molecule has 3 N–H and O–H groups in total. The van der Waals surface area contributed by atoms with Crippen LogP contribution < -0.4 is 10.6 Å². The number of amides is 1. The molecule has 1 atom stereocenters. The van der Waals surface area contributed by atoms with Crippen LogP contribution in [0.2, 0.25) is 0 Å². The summed E-state index contributed by atoms with van der Waals surface area (Å²) >= 11 is 0. The largest absolute Gasteiger partial charge is 0.480 e. The Morgan fingerprint density at radius 2 is 2.05 bits per heavy atom. The van der Waals surface area contributed by atoms with Crippen molar-refractivity contribution >= 4 is 23.3 Å². The maximum atomic E-state index is 11.7. The van der Waals surface area contributed by atoms with Crippen molar-refractivity contribution in [1.82, 2.24) is 5.32 Å². The summed E-state index contributed by atoms with van der Waals surface area (Å²) in [6, 6.07) is 7.11. The molecule has 114 valence electrons. The number of Topliss-reactive ketones (excluding diaryl/α,β-unsaturated/α-hetero) is 1. The number of ketones is 1. The van der Waals surface area contributed by atoms with E-state index in [2.05, 4.69) is 10.6 Å². The van der Waals surface area contributed by atoms with Crippen LogP contribution in [-0.2, 0) is 9.59 Å². The molecule has 0 aliphatic carbocycles. The molecule has 1 amide bonds. The van der Waals surface area contributed by atoms with Gasteiger partial charge in [0.15, 0.2) is 5.78 Å². The summed E-state index contributed by atoms with van der Waals surface area (Å²) in [7, 11) is 0. The number of anilines is 1. The van der Waals surface area contributed by atoms with E-state index in [4.69, 9.17) is 10.4 Å². The molecular formula is C15H15N3O4. The predicted molar refractivity (Wildman–Crippen MR) is 79.0 cm³/mol. The van der Waals surface area contributed by atoms with Crippen molar-refractivity contribution in [2.75, 3.05) is 5.32 Å². The zero-order valence-electron chi connectivity index (χ0n) is 12.1. The Labute approximate surface area is 127 Å². The molecule has 0 heterocycles. The lowest BCUT2D eigenvalue weighted by molar-refractivity contribution is -0.140. The molecule has 0 aliphatic rings. The lowest BCUT2D eigenvalue weighted by Gasteiger charge is -2.08. The van der Waals surface area contributed by atoms with E-state index in [0.29, 0.717) is 11.3 Å². The van der Waals surface area contributed by atoms with Crippen LogP contribution >= 0.6 is 0 Å². The second-order valence-corrected chi connectivity index (χ2v) is 4.48. The zero-order valence-corrected chi connectivity index (χ0v) is 12.1. The second kappa shape index (κ2) is 7.59. The third-order valence-corrected chi connectivity index (χ3v) is 2.74. The molecule has 0 spiro atoms. The van der Waals surface area contributed by atoms with Gasteiger partial charge >= 0.3 is 5.97 Å². The number of nitrogens with one attached hydrogen (secondary N) is 2. The minimum Gasteiger partial charge on any atom is -0.480 e. The van der Waals surface area contributed by atoms with Crippen LogP contribution in [0.5, 0.6) is 0 Å². The molecule has 0 aliphatic heterocycles. The van der Waals surface area contributed by atoms with Crippen molar-refractivity contribution < 1.29 is 19.5 Å². The topological polar surface area (TPSA) is 119 Å². The molecular weight excluding hydrogens is 286 g/mol. The highest BCUT2D eigenvalue weighted by Gasteiger charge is 2.16. The molecule has 0 saturated carbocycles. The van der Waals surface area contributed by atoms with Gasteiger partial charge in [-0.25, -0.2) is 0 Å². The van der Waals surface area contributed by atoms with Crippen LogP contribution in [0.15, 0.2) is 36.0 Å². The minimum atomic E-state index is -1.20. The number of carbonyl (C=O) groups is 3. The molecule has 0 saturated heterocycles. The van der Waals surface area contributed by atoms with Crippen molar-refractivity contribution in [3.8, 4) is 6.07 Å². The molecule has 1 rings (SSSR count). The lowest BCUT2D eigenvalue weighted by atomic mass is 10.1. The number of carbonyl (C=O) groups excluding carboxylic acids is 2. The summed E-state index contributed by atoms with van der Waals surface area (Å²) in [6.07, 6.45) is 1.16. The second-order valence-electron chi connectivity index (χ2n) is 4.48. The summed E-state index contributed by atoms with van der Waals surface area (Å²) in [5.74, 6) is -2.11. The average molecular weight is 301 g/mol. The van der Waals surface area contributed by atoms with E-state index < -0.39 is 17.9 Å². The summed E-state index contributed by atoms with van der Waals surface area (Å²) in [6.45, 7) is 2.72. The Balaban J connectivity index is 2.84. The Hall–Kier alpha value is -3.14. The first-order valence-corrected chi connectivity index (χ1v) is 6.36. The van der Waals surface area contributed by atoms with Crippen molar-refractivity contribution in [3.63, 3.8) is 0 Å². The van der Waals surface area contributed by atoms with Gasteiger partial charge < -0.3 is 15.7 Å². The van der Waals surface area contributed by atoms with Gasteiger partial charge in [-0.15, -0.1) is 0 Å². The monoisotopic (exact) mass is 301 g/mol. The first-order valence-electron chi connectivity index (χ1n) is 6.36. The van der Waals surface area contributed by atoms with E-state index in [1.54, 1.807) is 30.3 Å². The number of carboxylic acids is 1.